The summed E-state index contributed by atoms with van der Waals surface area (Å²) in [6.07, 6.45) is 1.45. The molecule has 0 radical (unpaired) electrons. The van der Waals surface area contributed by atoms with Gasteiger partial charge in [-0.2, -0.15) is 5.10 Å². The lowest BCUT2D eigenvalue weighted by Gasteiger charge is -2.12. The zero-order valence-corrected chi connectivity index (χ0v) is 12.4. The molecule has 0 saturated heterocycles. The monoisotopic (exact) mass is 316 g/mol. The number of hydrogen-bond donors (Lipinski definition) is 0. The van der Waals surface area contributed by atoms with Gasteiger partial charge in [-0.3, -0.25) is 14.3 Å². The largest absolute Gasteiger partial charge is 0.424 e. The quantitative estimate of drug-likeness (QED) is 0.629. The molecule has 106 valence electrons. The highest BCUT2D eigenvalue weighted by Gasteiger charge is 2.24. The molecule has 0 atom stereocenters. The van der Waals surface area contributed by atoms with Crippen LogP contribution in [-0.2, 0) is 16.6 Å². The Kier molecular flexibility index (Phi) is 3.87. The molecule has 1 aromatic heterocycles. The van der Waals surface area contributed by atoms with E-state index in [4.69, 9.17) is 32.7 Å². The summed E-state index contributed by atoms with van der Waals surface area (Å²) >= 11 is 12.2. The fraction of sp³-hybridized carbons (Fsp3) is 0.250. The number of fused-ring (bicyclic) bond motifs is 1. The van der Waals surface area contributed by atoms with Crippen LogP contribution in [0.5, 0.6) is 11.5 Å². The summed E-state index contributed by atoms with van der Waals surface area (Å²) in [7, 11) is 1.64. The lowest BCUT2D eigenvalue weighted by atomic mass is 10.2. The van der Waals surface area contributed by atoms with Crippen LogP contribution in [0.3, 0.4) is 0 Å². The number of rotatable bonds is 2. The number of hydrogen-bond acceptors (Lipinski definition) is 5. The van der Waals surface area contributed by atoms with Crippen LogP contribution in [0.4, 0.5) is 0 Å². The van der Waals surface area contributed by atoms with E-state index in [9.17, 15) is 9.59 Å². The third-order valence-corrected chi connectivity index (χ3v) is 3.30. The average molecular weight is 317 g/mol. The standard InChI is InChI=1S/C12H10Cl2N2O4/c1-5(17)19-11-7-4-15-16(3)10(7)12(20-6(2)18)9(14)8(11)13/h4H,1-3H3. The molecule has 0 N–H and O–H groups in total. The molecule has 1 heterocycles. The fourth-order valence-electron chi connectivity index (χ4n) is 1.77. The number of benzene rings is 1. The van der Waals surface area contributed by atoms with Crippen LogP contribution in [0.15, 0.2) is 6.20 Å². The molecular weight excluding hydrogens is 307 g/mol. The minimum absolute atomic E-state index is 0.0152. The molecule has 0 unspecified atom stereocenters. The molecule has 0 aliphatic rings. The summed E-state index contributed by atoms with van der Waals surface area (Å²) in [5.41, 5.74) is 0.408. The number of ether oxygens (including phenoxy) is 2. The van der Waals surface area contributed by atoms with Gasteiger partial charge in [0.1, 0.15) is 15.6 Å². The van der Waals surface area contributed by atoms with E-state index < -0.39 is 11.9 Å². The van der Waals surface area contributed by atoms with Crippen LogP contribution in [-0.4, -0.2) is 21.7 Å². The number of carbonyl (C=O) groups is 2. The molecule has 0 aliphatic heterocycles. The fourth-order valence-corrected chi connectivity index (χ4v) is 2.21. The molecule has 0 fully saturated rings. The zero-order chi connectivity index (χ0) is 15.0. The number of aromatic nitrogens is 2. The van der Waals surface area contributed by atoms with Gasteiger partial charge in [-0.15, -0.1) is 0 Å². The lowest BCUT2D eigenvalue weighted by Crippen LogP contribution is -2.07. The van der Waals surface area contributed by atoms with Gasteiger partial charge in [-0.25, -0.2) is 0 Å². The van der Waals surface area contributed by atoms with Gasteiger partial charge in [0.15, 0.2) is 11.5 Å². The van der Waals surface area contributed by atoms with Crippen LogP contribution in [0.2, 0.25) is 10.0 Å². The van der Waals surface area contributed by atoms with Gasteiger partial charge in [-0.05, 0) is 0 Å². The molecule has 2 rings (SSSR count). The van der Waals surface area contributed by atoms with E-state index in [0.29, 0.717) is 10.9 Å². The maximum atomic E-state index is 11.2. The molecule has 0 bridgehead atoms. The van der Waals surface area contributed by atoms with Crippen LogP contribution in [0.1, 0.15) is 13.8 Å². The van der Waals surface area contributed by atoms with Gasteiger partial charge in [0.05, 0.1) is 11.6 Å². The summed E-state index contributed by atoms with van der Waals surface area (Å²) in [4.78, 5) is 22.3. The molecule has 2 aromatic rings. The minimum atomic E-state index is -0.550. The third-order valence-electron chi connectivity index (χ3n) is 2.48. The number of esters is 2. The first kappa shape index (κ1) is 14.6. The van der Waals surface area contributed by atoms with Crippen molar-refractivity contribution in [3.8, 4) is 11.5 Å². The van der Waals surface area contributed by atoms with Crippen molar-refractivity contribution in [1.29, 1.82) is 0 Å². The molecule has 8 heteroatoms. The predicted molar refractivity (Wildman–Crippen MR) is 73.4 cm³/mol. The minimum Gasteiger partial charge on any atom is -0.424 e. The van der Waals surface area contributed by atoms with Crippen molar-refractivity contribution in [2.24, 2.45) is 7.05 Å². The molecular formula is C12H10Cl2N2O4. The second-order valence-corrected chi connectivity index (χ2v) is 4.76. The highest BCUT2D eigenvalue weighted by atomic mass is 35.5. The van der Waals surface area contributed by atoms with Crippen LogP contribution in [0.25, 0.3) is 10.9 Å². The summed E-state index contributed by atoms with van der Waals surface area (Å²) in [6.45, 7) is 2.48. The maximum Gasteiger partial charge on any atom is 0.308 e. The third kappa shape index (κ3) is 2.44. The van der Waals surface area contributed by atoms with E-state index in [1.165, 1.54) is 24.7 Å². The van der Waals surface area contributed by atoms with Crippen molar-refractivity contribution in [1.82, 2.24) is 9.78 Å². The number of halogens is 2. The highest BCUT2D eigenvalue weighted by Crippen LogP contribution is 2.46. The molecule has 6 nitrogen and oxygen atoms in total. The van der Waals surface area contributed by atoms with Crippen LogP contribution >= 0.6 is 23.2 Å². The van der Waals surface area contributed by atoms with E-state index in [-0.39, 0.29) is 21.5 Å². The Balaban J connectivity index is 2.82. The first-order valence-electron chi connectivity index (χ1n) is 5.52. The summed E-state index contributed by atoms with van der Waals surface area (Å²) < 4.78 is 11.6. The first-order valence-corrected chi connectivity index (χ1v) is 6.28. The molecule has 0 amide bonds. The van der Waals surface area contributed by atoms with E-state index in [1.807, 2.05) is 0 Å². The maximum absolute atomic E-state index is 11.2. The van der Waals surface area contributed by atoms with Gasteiger partial charge in [0, 0.05) is 20.9 Å². The second-order valence-electron chi connectivity index (χ2n) is 4.00. The van der Waals surface area contributed by atoms with E-state index >= 15 is 0 Å². The first-order chi connectivity index (χ1) is 9.32. The van der Waals surface area contributed by atoms with Crippen molar-refractivity contribution in [3.05, 3.63) is 16.2 Å². The van der Waals surface area contributed by atoms with Crippen molar-refractivity contribution in [2.45, 2.75) is 13.8 Å². The Hall–Kier alpha value is -1.79. The van der Waals surface area contributed by atoms with Crippen LogP contribution in [0, 0.1) is 0 Å². The number of nitrogens with zero attached hydrogens (tertiary/aromatic N) is 2. The van der Waals surface area contributed by atoms with Crippen molar-refractivity contribution in [2.75, 3.05) is 0 Å². The van der Waals surface area contributed by atoms with Gasteiger partial charge in [0.2, 0.25) is 0 Å². The smallest absolute Gasteiger partial charge is 0.308 e. The van der Waals surface area contributed by atoms with Gasteiger partial charge in [0.25, 0.3) is 0 Å². The Morgan fingerprint density at radius 1 is 1.10 bits per heavy atom. The highest BCUT2D eigenvalue weighted by molar-refractivity contribution is 6.45. The Morgan fingerprint density at radius 3 is 2.15 bits per heavy atom. The Bertz CT molecular complexity index is 724. The zero-order valence-electron chi connectivity index (χ0n) is 10.9. The summed E-state index contributed by atoms with van der Waals surface area (Å²) in [6, 6.07) is 0. The van der Waals surface area contributed by atoms with Crippen molar-refractivity contribution in [3.63, 3.8) is 0 Å². The Morgan fingerprint density at radius 2 is 1.60 bits per heavy atom. The van der Waals surface area contributed by atoms with Crippen molar-refractivity contribution < 1.29 is 19.1 Å². The summed E-state index contributed by atoms with van der Waals surface area (Å²) in [5, 5.41) is 4.42. The summed E-state index contributed by atoms with van der Waals surface area (Å²) in [5.74, 6) is -0.933. The van der Waals surface area contributed by atoms with Crippen molar-refractivity contribution >= 4 is 46.0 Å². The molecule has 20 heavy (non-hydrogen) atoms. The van der Waals surface area contributed by atoms with Crippen LogP contribution < -0.4 is 9.47 Å². The van der Waals surface area contributed by atoms with Gasteiger partial charge in [-0.1, -0.05) is 23.2 Å². The Labute approximate surface area is 124 Å². The molecule has 0 saturated carbocycles. The molecule has 1 aromatic carbocycles. The molecule has 0 aliphatic carbocycles. The number of aryl methyl sites for hydroxylation is 1. The predicted octanol–water partition coefficient (Wildman–Crippen LogP) is 2.73. The van der Waals surface area contributed by atoms with E-state index in [1.54, 1.807) is 7.05 Å². The average Bonchev–Trinajstić information content (AvgIpc) is 2.72. The lowest BCUT2D eigenvalue weighted by molar-refractivity contribution is -0.132. The second kappa shape index (κ2) is 5.30. The normalized spacial score (nSPS) is 10.7. The number of carbonyl (C=O) groups excluding carboxylic acids is 2. The van der Waals surface area contributed by atoms with Gasteiger partial charge < -0.3 is 9.47 Å². The topological polar surface area (TPSA) is 70.4 Å². The van der Waals surface area contributed by atoms with E-state index in [0.717, 1.165) is 0 Å². The van der Waals surface area contributed by atoms with E-state index in [2.05, 4.69) is 5.10 Å². The SMILES string of the molecule is CC(=O)Oc1c(Cl)c(Cl)c(OC(C)=O)c2c1cnn2C. The molecule has 0 spiro atoms. The van der Waals surface area contributed by atoms with Gasteiger partial charge >= 0.3 is 11.9 Å².